The Bertz CT molecular complexity index is 851. The van der Waals surface area contributed by atoms with Crippen molar-refractivity contribution >= 4 is 5.91 Å². The minimum atomic E-state index is -0.302. The van der Waals surface area contributed by atoms with Gasteiger partial charge >= 0.3 is 0 Å². The quantitative estimate of drug-likeness (QED) is 0.693. The number of halogens is 1. The van der Waals surface area contributed by atoms with Crippen molar-refractivity contribution in [2.45, 2.75) is 19.4 Å². The van der Waals surface area contributed by atoms with Crippen LogP contribution in [0, 0.1) is 5.82 Å². The molecule has 0 fully saturated rings. The zero-order chi connectivity index (χ0) is 18.2. The largest absolute Gasteiger partial charge is 0.457 e. The molecule has 0 saturated heterocycles. The molecule has 3 rings (SSSR count). The molecular weight excluding hydrogens is 331 g/mol. The minimum absolute atomic E-state index is 0.0151. The van der Waals surface area contributed by atoms with Gasteiger partial charge in [0.25, 0.3) is 0 Å². The van der Waals surface area contributed by atoms with E-state index in [0.717, 1.165) is 11.1 Å². The lowest BCUT2D eigenvalue weighted by Crippen LogP contribution is -2.23. The molecule has 1 aromatic heterocycles. The van der Waals surface area contributed by atoms with Crippen LogP contribution < -0.4 is 10.1 Å². The Hall–Kier alpha value is -3.21. The van der Waals surface area contributed by atoms with Crippen LogP contribution in [0.3, 0.4) is 0 Å². The van der Waals surface area contributed by atoms with E-state index in [9.17, 15) is 9.18 Å². The lowest BCUT2D eigenvalue weighted by Gasteiger charge is -2.08. The van der Waals surface area contributed by atoms with E-state index < -0.39 is 0 Å². The van der Waals surface area contributed by atoms with Crippen LogP contribution in [-0.2, 0) is 17.8 Å². The fraction of sp³-hybridized carbons (Fsp3) is 0.143. The Morgan fingerprint density at radius 3 is 2.58 bits per heavy atom. The molecule has 1 N–H and O–H groups in total. The molecule has 0 aliphatic rings. The highest BCUT2D eigenvalue weighted by Crippen LogP contribution is 2.22. The smallest absolute Gasteiger partial charge is 0.220 e. The molecular formula is C21H19FN2O2. The third kappa shape index (κ3) is 5.41. The van der Waals surface area contributed by atoms with Gasteiger partial charge in [-0.15, -0.1) is 0 Å². The maximum absolute atomic E-state index is 12.9. The van der Waals surface area contributed by atoms with E-state index in [0.29, 0.717) is 30.9 Å². The van der Waals surface area contributed by atoms with Gasteiger partial charge in [-0.1, -0.05) is 18.2 Å². The first-order valence-corrected chi connectivity index (χ1v) is 8.37. The van der Waals surface area contributed by atoms with E-state index in [1.807, 2.05) is 36.4 Å². The second-order valence-corrected chi connectivity index (χ2v) is 5.84. The molecule has 132 valence electrons. The number of aromatic nitrogens is 1. The predicted molar refractivity (Wildman–Crippen MR) is 97.3 cm³/mol. The van der Waals surface area contributed by atoms with Crippen molar-refractivity contribution in [3.63, 3.8) is 0 Å². The summed E-state index contributed by atoms with van der Waals surface area (Å²) >= 11 is 0. The summed E-state index contributed by atoms with van der Waals surface area (Å²) in [5, 5.41) is 2.88. The Balaban J connectivity index is 1.50. The second-order valence-electron chi connectivity index (χ2n) is 5.84. The number of aryl methyl sites for hydroxylation is 1. The van der Waals surface area contributed by atoms with Crippen molar-refractivity contribution < 1.29 is 13.9 Å². The van der Waals surface area contributed by atoms with Gasteiger partial charge in [0.1, 0.15) is 17.3 Å². The highest BCUT2D eigenvalue weighted by Gasteiger charge is 2.04. The Kier molecular flexibility index (Phi) is 5.93. The fourth-order valence-corrected chi connectivity index (χ4v) is 2.45. The number of amides is 1. The molecule has 0 bridgehead atoms. The van der Waals surface area contributed by atoms with Crippen molar-refractivity contribution in [3.05, 3.63) is 90.0 Å². The zero-order valence-corrected chi connectivity index (χ0v) is 14.2. The average molecular weight is 350 g/mol. The van der Waals surface area contributed by atoms with Crippen LogP contribution in [0.25, 0.3) is 0 Å². The van der Waals surface area contributed by atoms with Crippen molar-refractivity contribution in [2.75, 3.05) is 0 Å². The van der Waals surface area contributed by atoms with Gasteiger partial charge in [-0.05, 0) is 60.0 Å². The molecule has 1 amide bonds. The molecule has 0 saturated carbocycles. The number of nitrogens with one attached hydrogen (secondary N) is 1. The van der Waals surface area contributed by atoms with Crippen molar-refractivity contribution in [2.24, 2.45) is 0 Å². The molecule has 26 heavy (non-hydrogen) atoms. The summed E-state index contributed by atoms with van der Waals surface area (Å²) in [6, 6.07) is 17.2. The topological polar surface area (TPSA) is 51.2 Å². The highest BCUT2D eigenvalue weighted by atomic mass is 19.1. The van der Waals surface area contributed by atoms with Crippen LogP contribution in [-0.4, -0.2) is 10.9 Å². The van der Waals surface area contributed by atoms with Gasteiger partial charge in [-0.2, -0.15) is 0 Å². The van der Waals surface area contributed by atoms with Gasteiger partial charge in [0.15, 0.2) is 0 Å². The van der Waals surface area contributed by atoms with Crippen molar-refractivity contribution in [3.8, 4) is 11.5 Å². The molecule has 3 aromatic rings. The Morgan fingerprint density at radius 1 is 1.00 bits per heavy atom. The predicted octanol–water partition coefficient (Wildman–Crippen LogP) is 4.26. The van der Waals surface area contributed by atoms with Crippen LogP contribution in [0.2, 0.25) is 0 Å². The molecule has 1 heterocycles. The van der Waals surface area contributed by atoms with Gasteiger partial charge in [0.2, 0.25) is 5.91 Å². The number of carbonyl (C=O) groups excluding carboxylic acids is 1. The summed E-state index contributed by atoms with van der Waals surface area (Å²) in [5.41, 5.74) is 1.97. The molecule has 5 heteroatoms. The maximum Gasteiger partial charge on any atom is 0.220 e. The molecule has 0 aliphatic carbocycles. The minimum Gasteiger partial charge on any atom is -0.457 e. The van der Waals surface area contributed by atoms with E-state index in [-0.39, 0.29) is 11.7 Å². The zero-order valence-electron chi connectivity index (χ0n) is 14.2. The van der Waals surface area contributed by atoms with E-state index in [1.54, 1.807) is 24.5 Å². The lowest BCUT2D eigenvalue weighted by atomic mass is 10.1. The van der Waals surface area contributed by atoms with Crippen molar-refractivity contribution in [1.82, 2.24) is 10.3 Å². The SMILES string of the molecule is O=C(CCc1cccc(Oc2ccc(F)cc2)c1)NCc1cccnc1. The first kappa shape index (κ1) is 17.6. The summed E-state index contributed by atoms with van der Waals surface area (Å²) in [4.78, 5) is 16.0. The van der Waals surface area contributed by atoms with E-state index in [1.165, 1.54) is 12.1 Å². The monoisotopic (exact) mass is 350 g/mol. The summed E-state index contributed by atoms with van der Waals surface area (Å²) in [7, 11) is 0. The van der Waals surface area contributed by atoms with Crippen LogP contribution in [0.15, 0.2) is 73.1 Å². The average Bonchev–Trinajstić information content (AvgIpc) is 2.68. The summed E-state index contributed by atoms with van der Waals surface area (Å²) in [6.07, 6.45) is 4.43. The standard InChI is InChI=1S/C21H19FN2O2/c22-18-7-9-19(10-8-18)26-20-5-1-3-16(13-20)6-11-21(25)24-15-17-4-2-12-23-14-17/h1-5,7-10,12-14H,6,11,15H2,(H,24,25). The molecule has 0 unspecified atom stereocenters. The molecule has 4 nitrogen and oxygen atoms in total. The number of carbonyl (C=O) groups is 1. The van der Waals surface area contributed by atoms with Crippen LogP contribution >= 0.6 is 0 Å². The highest BCUT2D eigenvalue weighted by molar-refractivity contribution is 5.76. The Labute approximate surface area is 151 Å². The number of hydrogen-bond acceptors (Lipinski definition) is 3. The number of ether oxygens (including phenoxy) is 1. The summed E-state index contributed by atoms with van der Waals surface area (Å²) in [6.45, 7) is 0.473. The number of pyridine rings is 1. The van der Waals surface area contributed by atoms with Gasteiger partial charge in [0, 0.05) is 25.4 Å². The summed E-state index contributed by atoms with van der Waals surface area (Å²) in [5.74, 6) is 0.907. The Morgan fingerprint density at radius 2 is 1.81 bits per heavy atom. The lowest BCUT2D eigenvalue weighted by molar-refractivity contribution is -0.121. The maximum atomic E-state index is 12.9. The molecule has 2 aromatic carbocycles. The van der Waals surface area contributed by atoms with E-state index >= 15 is 0 Å². The van der Waals surface area contributed by atoms with Gasteiger partial charge in [-0.3, -0.25) is 9.78 Å². The third-order valence-corrected chi connectivity index (χ3v) is 3.80. The van der Waals surface area contributed by atoms with Crippen LogP contribution in [0.5, 0.6) is 11.5 Å². The van der Waals surface area contributed by atoms with E-state index in [4.69, 9.17) is 4.74 Å². The molecule has 0 radical (unpaired) electrons. The number of nitrogens with zero attached hydrogens (tertiary/aromatic N) is 1. The fourth-order valence-electron chi connectivity index (χ4n) is 2.45. The third-order valence-electron chi connectivity index (χ3n) is 3.80. The molecule has 0 atom stereocenters. The normalized spacial score (nSPS) is 10.3. The molecule has 0 spiro atoms. The first-order chi connectivity index (χ1) is 12.7. The number of rotatable bonds is 7. The first-order valence-electron chi connectivity index (χ1n) is 8.37. The molecule has 0 aliphatic heterocycles. The van der Waals surface area contributed by atoms with Crippen LogP contribution in [0.4, 0.5) is 4.39 Å². The second kappa shape index (κ2) is 8.76. The number of benzene rings is 2. The van der Waals surface area contributed by atoms with E-state index in [2.05, 4.69) is 10.3 Å². The summed E-state index contributed by atoms with van der Waals surface area (Å²) < 4.78 is 18.7. The van der Waals surface area contributed by atoms with Gasteiger partial charge in [-0.25, -0.2) is 4.39 Å². The van der Waals surface area contributed by atoms with Gasteiger partial charge < -0.3 is 10.1 Å². The van der Waals surface area contributed by atoms with Crippen LogP contribution in [0.1, 0.15) is 17.5 Å². The number of hydrogen-bond donors (Lipinski definition) is 1. The van der Waals surface area contributed by atoms with Crippen molar-refractivity contribution in [1.29, 1.82) is 0 Å². The van der Waals surface area contributed by atoms with Gasteiger partial charge in [0.05, 0.1) is 0 Å².